The maximum atomic E-state index is 12.5. The van der Waals surface area contributed by atoms with Crippen molar-refractivity contribution in [3.05, 3.63) is 24.0 Å². The van der Waals surface area contributed by atoms with Gasteiger partial charge >= 0.3 is 6.18 Å². The average molecular weight is 202 g/mol. The van der Waals surface area contributed by atoms with Gasteiger partial charge in [-0.05, 0) is 25.0 Å². The van der Waals surface area contributed by atoms with Crippen molar-refractivity contribution in [2.24, 2.45) is 0 Å². The zero-order chi connectivity index (χ0) is 10.3. The number of rotatable bonds is 2. The summed E-state index contributed by atoms with van der Waals surface area (Å²) in [5.41, 5.74) is -0.390. The molecule has 76 valence electrons. The molecule has 0 unspecified atom stereocenters. The van der Waals surface area contributed by atoms with E-state index in [0.29, 0.717) is 0 Å². The van der Waals surface area contributed by atoms with Crippen molar-refractivity contribution < 1.29 is 13.2 Å². The zero-order valence-electron chi connectivity index (χ0n) is 7.38. The Bertz CT molecular complexity index is 361. The lowest BCUT2D eigenvalue weighted by Crippen LogP contribution is -2.13. The molecular weight excluding hydrogens is 193 g/mol. The number of hydrogen-bond donors (Lipinski definition) is 0. The minimum atomic E-state index is -4.32. The number of hydrogen-bond acceptors (Lipinski definition) is 1. The second-order valence-electron chi connectivity index (χ2n) is 3.33. The number of halogens is 3. The quantitative estimate of drug-likeness (QED) is 0.721. The molecule has 0 N–H and O–H groups in total. The van der Waals surface area contributed by atoms with E-state index in [9.17, 15) is 13.2 Å². The van der Waals surface area contributed by atoms with Crippen LogP contribution in [-0.4, -0.2) is 9.78 Å². The summed E-state index contributed by atoms with van der Waals surface area (Å²) >= 11 is 0. The molecule has 1 aromatic heterocycles. The van der Waals surface area contributed by atoms with Crippen LogP contribution in [0.2, 0.25) is 0 Å². The van der Waals surface area contributed by atoms with E-state index >= 15 is 0 Å². The Kier molecular flexibility index (Phi) is 1.90. The Morgan fingerprint density at radius 1 is 1.50 bits per heavy atom. The molecule has 0 amide bonds. The third kappa shape index (κ3) is 1.54. The lowest BCUT2D eigenvalue weighted by atomic mass is 10.3. The molecule has 0 aromatic carbocycles. The Hall–Kier alpha value is -1.26. The molecule has 0 atom stereocenters. The van der Waals surface area contributed by atoms with Crippen LogP contribution in [0.25, 0.3) is 6.08 Å². The van der Waals surface area contributed by atoms with Crippen molar-refractivity contribution >= 4 is 6.08 Å². The fraction of sp³-hybridized carbons (Fsp3) is 0.444. The topological polar surface area (TPSA) is 17.8 Å². The molecule has 2 rings (SSSR count). The molecule has 14 heavy (non-hydrogen) atoms. The number of nitrogens with zero attached hydrogens (tertiary/aromatic N) is 2. The zero-order valence-corrected chi connectivity index (χ0v) is 7.38. The van der Waals surface area contributed by atoms with Gasteiger partial charge in [0.25, 0.3) is 0 Å². The van der Waals surface area contributed by atoms with E-state index < -0.39 is 11.9 Å². The molecule has 5 heteroatoms. The fourth-order valence-electron chi connectivity index (χ4n) is 1.32. The lowest BCUT2D eigenvalue weighted by molar-refractivity contribution is -0.144. The van der Waals surface area contributed by atoms with Gasteiger partial charge in [0.1, 0.15) is 5.69 Å². The molecule has 0 radical (unpaired) electrons. The Balaban J connectivity index is 2.45. The summed E-state index contributed by atoms with van der Waals surface area (Å²) in [5.74, 6) is 0. The fourth-order valence-corrected chi connectivity index (χ4v) is 1.32. The molecular formula is C9H9F3N2. The standard InChI is InChI=1S/C9H9F3N2/c1-2-6-5-8(9(10,11)12)14(13-6)7-3-4-7/h2,5,7H,1,3-4H2. The van der Waals surface area contributed by atoms with Crippen LogP contribution in [0.5, 0.6) is 0 Å². The predicted octanol–water partition coefficient (Wildman–Crippen LogP) is 2.88. The highest BCUT2D eigenvalue weighted by molar-refractivity contribution is 5.42. The van der Waals surface area contributed by atoms with Crippen LogP contribution in [-0.2, 0) is 6.18 Å². The van der Waals surface area contributed by atoms with Crippen molar-refractivity contribution in [1.29, 1.82) is 0 Å². The van der Waals surface area contributed by atoms with E-state index in [2.05, 4.69) is 11.7 Å². The van der Waals surface area contributed by atoms with Crippen molar-refractivity contribution in [2.75, 3.05) is 0 Å². The summed E-state index contributed by atoms with van der Waals surface area (Å²) in [6.07, 6.45) is -1.44. The molecule has 0 saturated heterocycles. The molecule has 1 aliphatic carbocycles. The van der Waals surface area contributed by atoms with Crippen LogP contribution in [0.15, 0.2) is 12.6 Å². The van der Waals surface area contributed by atoms with Crippen molar-refractivity contribution in [3.8, 4) is 0 Å². The molecule has 1 fully saturated rings. The van der Waals surface area contributed by atoms with E-state index in [1.54, 1.807) is 0 Å². The first kappa shape index (κ1) is 9.30. The van der Waals surface area contributed by atoms with Gasteiger partial charge in [-0.25, -0.2) is 0 Å². The summed E-state index contributed by atoms with van der Waals surface area (Å²) in [4.78, 5) is 0. The van der Waals surface area contributed by atoms with Crippen LogP contribution in [0.4, 0.5) is 13.2 Å². The Morgan fingerprint density at radius 2 is 2.14 bits per heavy atom. The molecule has 1 heterocycles. The van der Waals surface area contributed by atoms with Gasteiger partial charge in [0, 0.05) is 0 Å². The molecule has 1 aromatic rings. The van der Waals surface area contributed by atoms with Crippen LogP contribution >= 0.6 is 0 Å². The van der Waals surface area contributed by atoms with Crippen LogP contribution in [0.1, 0.15) is 30.3 Å². The molecule has 0 bridgehead atoms. The number of aromatic nitrogens is 2. The SMILES string of the molecule is C=Cc1cc(C(F)(F)F)n(C2CC2)n1. The maximum absolute atomic E-state index is 12.5. The summed E-state index contributed by atoms with van der Waals surface area (Å²) in [5, 5.41) is 3.84. The minimum absolute atomic E-state index is 0.0691. The van der Waals surface area contributed by atoms with Crippen molar-refractivity contribution in [1.82, 2.24) is 9.78 Å². The highest BCUT2D eigenvalue weighted by atomic mass is 19.4. The van der Waals surface area contributed by atoms with Gasteiger partial charge < -0.3 is 0 Å². The van der Waals surface area contributed by atoms with E-state index in [-0.39, 0.29) is 11.7 Å². The smallest absolute Gasteiger partial charge is 0.257 e. The molecule has 0 aliphatic heterocycles. The van der Waals surface area contributed by atoms with Gasteiger partial charge in [-0.1, -0.05) is 6.58 Å². The largest absolute Gasteiger partial charge is 0.433 e. The third-order valence-electron chi connectivity index (χ3n) is 2.15. The predicted molar refractivity (Wildman–Crippen MR) is 45.6 cm³/mol. The second kappa shape index (κ2) is 2.87. The van der Waals surface area contributed by atoms with E-state index in [4.69, 9.17) is 0 Å². The van der Waals surface area contributed by atoms with Gasteiger partial charge in [-0.2, -0.15) is 18.3 Å². The lowest BCUT2D eigenvalue weighted by Gasteiger charge is -2.08. The highest BCUT2D eigenvalue weighted by Gasteiger charge is 2.39. The first-order valence-electron chi connectivity index (χ1n) is 4.31. The van der Waals surface area contributed by atoms with Gasteiger partial charge in [0.05, 0.1) is 11.7 Å². The van der Waals surface area contributed by atoms with E-state index in [1.165, 1.54) is 6.08 Å². The Morgan fingerprint density at radius 3 is 2.57 bits per heavy atom. The molecule has 1 saturated carbocycles. The summed E-state index contributed by atoms with van der Waals surface area (Å²) in [7, 11) is 0. The normalized spacial score (nSPS) is 17.1. The minimum Gasteiger partial charge on any atom is -0.257 e. The summed E-state index contributed by atoms with van der Waals surface area (Å²) < 4.78 is 38.5. The van der Waals surface area contributed by atoms with Gasteiger partial charge in [-0.3, -0.25) is 4.68 Å². The van der Waals surface area contributed by atoms with Crippen LogP contribution < -0.4 is 0 Å². The maximum Gasteiger partial charge on any atom is 0.433 e. The van der Waals surface area contributed by atoms with Gasteiger partial charge in [0.15, 0.2) is 0 Å². The van der Waals surface area contributed by atoms with Gasteiger partial charge in [0.2, 0.25) is 0 Å². The summed E-state index contributed by atoms with van der Waals surface area (Å²) in [6.45, 7) is 3.40. The average Bonchev–Trinajstić information content (AvgIpc) is 2.83. The third-order valence-corrected chi connectivity index (χ3v) is 2.15. The van der Waals surface area contributed by atoms with Crippen molar-refractivity contribution in [2.45, 2.75) is 25.1 Å². The monoisotopic (exact) mass is 202 g/mol. The number of alkyl halides is 3. The van der Waals surface area contributed by atoms with E-state index in [1.807, 2.05) is 0 Å². The van der Waals surface area contributed by atoms with E-state index in [0.717, 1.165) is 23.6 Å². The highest BCUT2D eigenvalue weighted by Crippen LogP contribution is 2.40. The molecule has 1 aliphatic rings. The van der Waals surface area contributed by atoms with Crippen LogP contribution in [0.3, 0.4) is 0 Å². The van der Waals surface area contributed by atoms with Gasteiger partial charge in [-0.15, -0.1) is 0 Å². The van der Waals surface area contributed by atoms with Crippen LogP contribution in [0, 0.1) is 0 Å². The second-order valence-corrected chi connectivity index (χ2v) is 3.33. The first-order chi connectivity index (χ1) is 6.52. The molecule has 0 spiro atoms. The van der Waals surface area contributed by atoms with Crippen molar-refractivity contribution in [3.63, 3.8) is 0 Å². The summed E-state index contributed by atoms with van der Waals surface area (Å²) in [6, 6.07) is 0.964. The first-order valence-corrected chi connectivity index (χ1v) is 4.31. The Labute approximate surface area is 79.0 Å². The molecule has 2 nitrogen and oxygen atoms in total.